The molecule has 0 saturated carbocycles. The van der Waals surface area contributed by atoms with Crippen molar-refractivity contribution in [1.82, 2.24) is 20.3 Å². The molecule has 7 heteroatoms. The minimum atomic E-state index is 0.120. The highest BCUT2D eigenvalue weighted by Gasteiger charge is 2.14. The number of ether oxygens (including phenoxy) is 1. The van der Waals surface area contributed by atoms with E-state index in [9.17, 15) is 0 Å². The van der Waals surface area contributed by atoms with Crippen LogP contribution in [0, 0.1) is 0 Å². The molecule has 2 aromatic heterocycles. The maximum absolute atomic E-state index is 6.02. The second-order valence-electron chi connectivity index (χ2n) is 6.29. The lowest BCUT2D eigenvalue weighted by atomic mass is 10.1. The van der Waals surface area contributed by atoms with Crippen LogP contribution in [0.4, 0.5) is 5.82 Å². The van der Waals surface area contributed by atoms with Crippen LogP contribution >= 0.6 is 11.6 Å². The second kappa shape index (κ2) is 8.43. The Morgan fingerprint density at radius 1 is 1.15 bits per heavy atom. The molecule has 0 aliphatic carbocycles. The van der Waals surface area contributed by atoms with Gasteiger partial charge < -0.3 is 15.4 Å². The van der Waals surface area contributed by atoms with Crippen LogP contribution in [0.5, 0.6) is 0 Å². The van der Waals surface area contributed by atoms with Crippen LogP contribution in [0.1, 0.15) is 0 Å². The Morgan fingerprint density at radius 3 is 2.78 bits per heavy atom. The molecule has 138 valence electrons. The smallest absolute Gasteiger partial charge is 0.163 e. The number of nitrogens with one attached hydrogen (secondary N) is 2. The van der Waals surface area contributed by atoms with Crippen molar-refractivity contribution in [3.63, 3.8) is 0 Å². The van der Waals surface area contributed by atoms with Gasteiger partial charge in [0, 0.05) is 54.2 Å². The number of benzene rings is 1. The maximum Gasteiger partial charge on any atom is 0.163 e. The molecular formula is C20H20ClN5O. The third-order valence-corrected chi connectivity index (χ3v) is 4.55. The first kappa shape index (κ1) is 17.9. The maximum atomic E-state index is 6.02. The molecule has 0 radical (unpaired) electrons. The van der Waals surface area contributed by atoms with Gasteiger partial charge in [-0.15, -0.1) is 0 Å². The summed E-state index contributed by atoms with van der Waals surface area (Å²) in [6.07, 6.45) is 3.62. The molecule has 2 N–H and O–H groups in total. The molecule has 3 heterocycles. The molecule has 4 rings (SSSR count). The zero-order valence-electron chi connectivity index (χ0n) is 14.7. The summed E-state index contributed by atoms with van der Waals surface area (Å²) in [5.41, 5.74) is 2.67. The highest BCUT2D eigenvalue weighted by molar-refractivity contribution is 6.30. The molecular weight excluding hydrogens is 362 g/mol. The summed E-state index contributed by atoms with van der Waals surface area (Å²) in [4.78, 5) is 13.6. The first-order valence-electron chi connectivity index (χ1n) is 8.89. The quantitative estimate of drug-likeness (QED) is 0.706. The van der Waals surface area contributed by atoms with Crippen molar-refractivity contribution in [2.45, 2.75) is 6.10 Å². The van der Waals surface area contributed by atoms with Gasteiger partial charge in [0.15, 0.2) is 5.82 Å². The summed E-state index contributed by atoms with van der Waals surface area (Å²) < 4.78 is 5.75. The number of morpholine rings is 1. The zero-order valence-corrected chi connectivity index (χ0v) is 15.5. The van der Waals surface area contributed by atoms with Gasteiger partial charge in [0.1, 0.15) is 5.82 Å². The lowest BCUT2D eigenvalue weighted by Crippen LogP contribution is -2.42. The first-order valence-corrected chi connectivity index (χ1v) is 9.27. The van der Waals surface area contributed by atoms with Gasteiger partial charge in [-0.2, -0.15) is 0 Å². The van der Waals surface area contributed by atoms with Crippen molar-refractivity contribution in [3.05, 3.63) is 59.9 Å². The topological polar surface area (TPSA) is 72.0 Å². The zero-order chi connectivity index (χ0) is 18.5. The van der Waals surface area contributed by atoms with E-state index in [-0.39, 0.29) is 6.10 Å². The monoisotopic (exact) mass is 381 g/mol. The van der Waals surface area contributed by atoms with E-state index >= 15 is 0 Å². The van der Waals surface area contributed by atoms with E-state index < -0.39 is 0 Å². The van der Waals surface area contributed by atoms with Crippen LogP contribution in [0.2, 0.25) is 5.02 Å². The van der Waals surface area contributed by atoms with Gasteiger partial charge in [-0.25, -0.2) is 9.97 Å². The fraction of sp³-hybridized carbons (Fsp3) is 0.250. The average Bonchev–Trinajstić information content (AvgIpc) is 2.74. The van der Waals surface area contributed by atoms with Crippen LogP contribution < -0.4 is 10.6 Å². The number of hydrogen-bond acceptors (Lipinski definition) is 6. The number of aromatic nitrogens is 3. The Hall–Kier alpha value is -2.54. The van der Waals surface area contributed by atoms with Gasteiger partial charge in [-0.1, -0.05) is 23.7 Å². The molecule has 0 spiro atoms. The van der Waals surface area contributed by atoms with E-state index in [2.05, 4.69) is 20.6 Å². The van der Waals surface area contributed by atoms with Crippen LogP contribution in [0.3, 0.4) is 0 Å². The predicted octanol–water partition coefficient (Wildman–Crippen LogP) is 3.26. The summed E-state index contributed by atoms with van der Waals surface area (Å²) in [6.45, 7) is 3.14. The molecule has 27 heavy (non-hydrogen) atoms. The van der Waals surface area contributed by atoms with Gasteiger partial charge >= 0.3 is 0 Å². The van der Waals surface area contributed by atoms with E-state index in [1.807, 2.05) is 42.5 Å². The molecule has 3 aromatic rings. The molecule has 0 bridgehead atoms. The fourth-order valence-corrected chi connectivity index (χ4v) is 3.03. The normalized spacial score (nSPS) is 16.9. The van der Waals surface area contributed by atoms with Crippen LogP contribution in [-0.4, -0.2) is 47.3 Å². The largest absolute Gasteiger partial charge is 0.374 e. The minimum absolute atomic E-state index is 0.120. The number of anilines is 1. The molecule has 6 nitrogen and oxygen atoms in total. The molecule has 1 atom stereocenters. The van der Waals surface area contributed by atoms with E-state index in [1.54, 1.807) is 12.4 Å². The van der Waals surface area contributed by atoms with Crippen molar-refractivity contribution >= 4 is 17.4 Å². The van der Waals surface area contributed by atoms with Gasteiger partial charge in [0.05, 0.1) is 18.4 Å². The van der Waals surface area contributed by atoms with E-state index in [4.69, 9.17) is 21.3 Å². The number of nitrogens with zero attached hydrogens (tertiary/aromatic N) is 3. The van der Waals surface area contributed by atoms with Crippen LogP contribution in [0.15, 0.2) is 54.9 Å². The summed E-state index contributed by atoms with van der Waals surface area (Å²) in [6, 6.07) is 13.4. The molecule has 1 saturated heterocycles. The van der Waals surface area contributed by atoms with Crippen molar-refractivity contribution < 1.29 is 4.74 Å². The highest BCUT2D eigenvalue weighted by atomic mass is 35.5. The molecule has 1 fully saturated rings. The number of halogens is 1. The Bertz CT molecular complexity index is 883. The van der Waals surface area contributed by atoms with Gasteiger partial charge in [0.25, 0.3) is 0 Å². The Balaban J connectivity index is 1.64. The molecule has 1 aromatic carbocycles. The minimum Gasteiger partial charge on any atom is -0.374 e. The van der Waals surface area contributed by atoms with Gasteiger partial charge in [-0.05, 0) is 24.3 Å². The molecule has 0 amide bonds. The predicted molar refractivity (Wildman–Crippen MR) is 107 cm³/mol. The lowest BCUT2D eigenvalue weighted by Gasteiger charge is -2.24. The van der Waals surface area contributed by atoms with Crippen molar-refractivity contribution in [2.24, 2.45) is 0 Å². The van der Waals surface area contributed by atoms with E-state index in [0.29, 0.717) is 17.4 Å². The third-order valence-electron chi connectivity index (χ3n) is 4.30. The lowest BCUT2D eigenvalue weighted by molar-refractivity contribution is 0.0372. The summed E-state index contributed by atoms with van der Waals surface area (Å²) in [7, 11) is 0. The van der Waals surface area contributed by atoms with Crippen molar-refractivity contribution in [1.29, 1.82) is 0 Å². The number of pyridine rings is 1. The van der Waals surface area contributed by atoms with Crippen molar-refractivity contribution in [3.8, 4) is 22.6 Å². The SMILES string of the molecule is Clc1ccc(-c2cc(NCC3CNCCO3)nc(-c3cccnc3)n2)cc1. The van der Waals surface area contributed by atoms with E-state index in [0.717, 1.165) is 42.3 Å². The molecule has 1 unspecified atom stereocenters. The summed E-state index contributed by atoms with van der Waals surface area (Å²) in [5.74, 6) is 1.38. The first-order chi connectivity index (χ1) is 13.3. The molecule has 1 aliphatic heterocycles. The third kappa shape index (κ3) is 4.60. The summed E-state index contributed by atoms with van der Waals surface area (Å²) in [5, 5.41) is 7.41. The Labute approximate surface area is 163 Å². The summed E-state index contributed by atoms with van der Waals surface area (Å²) >= 11 is 6.02. The second-order valence-corrected chi connectivity index (χ2v) is 6.72. The van der Waals surface area contributed by atoms with Crippen LogP contribution in [0.25, 0.3) is 22.6 Å². The number of hydrogen-bond donors (Lipinski definition) is 2. The molecule has 1 aliphatic rings. The average molecular weight is 382 g/mol. The Kier molecular flexibility index (Phi) is 5.58. The van der Waals surface area contributed by atoms with Gasteiger partial charge in [-0.3, -0.25) is 4.98 Å². The van der Waals surface area contributed by atoms with Crippen LogP contribution in [-0.2, 0) is 4.74 Å². The highest BCUT2D eigenvalue weighted by Crippen LogP contribution is 2.25. The standard InChI is InChI=1S/C20H20ClN5O/c21-16-5-3-14(4-6-16)18-10-19(24-13-17-12-23-8-9-27-17)26-20(25-18)15-2-1-7-22-11-15/h1-7,10-11,17,23H,8-9,12-13H2,(H,24,25,26). The number of rotatable bonds is 5. The van der Waals surface area contributed by atoms with Gasteiger partial charge in [0.2, 0.25) is 0 Å². The van der Waals surface area contributed by atoms with Crippen molar-refractivity contribution in [2.75, 3.05) is 31.6 Å². The Morgan fingerprint density at radius 2 is 2.04 bits per heavy atom. The van der Waals surface area contributed by atoms with E-state index in [1.165, 1.54) is 0 Å². The fourth-order valence-electron chi connectivity index (χ4n) is 2.90.